The van der Waals surface area contributed by atoms with E-state index in [9.17, 15) is 42.3 Å². The monoisotopic (exact) mass is 661 g/mol. The number of carbonyl (C=O) groups excluding carboxylic acids is 5. The summed E-state index contributed by atoms with van der Waals surface area (Å²) < 4.78 is 39.6. The van der Waals surface area contributed by atoms with Crippen LogP contribution >= 0.6 is 12.6 Å². The van der Waals surface area contributed by atoms with Crippen molar-refractivity contribution in [1.29, 1.82) is 0 Å². The van der Waals surface area contributed by atoms with Crippen LogP contribution in [0.3, 0.4) is 0 Å². The molecule has 5 amide bonds. The van der Waals surface area contributed by atoms with Gasteiger partial charge in [0.1, 0.15) is 12.1 Å². The van der Waals surface area contributed by atoms with Crippen molar-refractivity contribution in [2.75, 3.05) is 26.2 Å². The molecule has 254 valence electrons. The number of carbonyl (C=O) groups is 5. The molecule has 45 heavy (non-hydrogen) atoms. The van der Waals surface area contributed by atoms with Gasteiger partial charge in [0.15, 0.2) is 0 Å². The van der Waals surface area contributed by atoms with Gasteiger partial charge >= 0.3 is 12.1 Å². The molecule has 11 nitrogen and oxygen atoms in total. The van der Waals surface area contributed by atoms with Crippen LogP contribution in [0.2, 0.25) is 0 Å². The van der Waals surface area contributed by atoms with E-state index in [1.807, 2.05) is 33.0 Å². The number of halogens is 3. The summed E-state index contributed by atoms with van der Waals surface area (Å²) in [6.07, 6.45) is -4.20. The first-order chi connectivity index (χ1) is 20.4. The van der Waals surface area contributed by atoms with Crippen molar-refractivity contribution in [3.05, 3.63) is 0 Å². The maximum Gasteiger partial charge on any atom is 0.471 e. The average Bonchev–Trinajstić information content (AvgIpc) is 3.20. The Kier molecular flexibility index (Phi) is 9.10. The first-order valence-corrected chi connectivity index (χ1v) is 15.8. The third-order valence-electron chi connectivity index (χ3n) is 9.97. The molecule has 4 N–H and O–H groups in total. The number of nitrogens with zero attached hydrogens (tertiary/aromatic N) is 2. The summed E-state index contributed by atoms with van der Waals surface area (Å²) in [5.74, 6) is -5.96. The molecule has 1 aliphatic carbocycles. The molecule has 0 radical (unpaired) electrons. The first kappa shape index (κ1) is 35.3. The Morgan fingerprint density at radius 2 is 1.69 bits per heavy atom. The number of thiol groups is 1. The van der Waals surface area contributed by atoms with E-state index in [1.54, 1.807) is 0 Å². The van der Waals surface area contributed by atoms with Gasteiger partial charge in [0, 0.05) is 32.1 Å². The highest BCUT2D eigenvalue weighted by Gasteiger charge is 2.70. The van der Waals surface area contributed by atoms with Crippen molar-refractivity contribution >= 4 is 42.2 Å². The molecular weight excluding hydrogens is 615 g/mol. The molecule has 15 heteroatoms. The van der Waals surface area contributed by atoms with E-state index in [-0.39, 0.29) is 41.5 Å². The molecule has 0 spiro atoms. The molecule has 0 aromatic heterocycles. The maximum absolute atomic E-state index is 14.2. The van der Waals surface area contributed by atoms with Crippen LogP contribution in [-0.2, 0) is 24.0 Å². The van der Waals surface area contributed by atoms with Crippen LogP contribution in [0, 0.1) is 34.0 Å². The lowest BCUT2D eigenvalue weighted by atomic mass is 9.83. The van der Waals surface area contributed by atoms with Crippen molar-refractivity contribution in [3.8, 4) is 0 Å². The fourth-order valence-electron chi connectivity index (χ4n) is 7.28. The van der Waals surface area contributed by atoms with E-state index in [1.165, 1.54) is 30.6 Å². The standard InChI is InChI=1S/C30H46F3N5O6S/c1-26(2,3)20(36-24(42)30(31,32)33)23(41)38-12-16-18(28(16,6)7)19(38)22(40)35-17(11-15-9-8-10-34-21(15)39)29(44,45)25(43)37-13-27(4,5)14-37/h15-20,44-45H,8-14H2,1-7H3,(H,34,39)(H,35,40)(H,36,42)/t15-,16-,17-,18-,19-,20+,29-/m0/s1. The van der Waals surface area contributed by atoms with Crippen molar-refractivity contribution in [2.45, 2.75) is 97.0 Å². The van der Waals surface area contributed by atoms with Crippen molar-refractivity contribution in [3.63, 3.8) is 0 Å². The highest BCUT2D eigenvalue weighted by molar-refractivity contribution is 7.82. The number of fused-ring (bicyclic) bond motifs is 1. The molecule has 3 aliphatic heterocycles. The third-order valence-corrected chi connectivity index (χ3v) is 10.5. The molecule has 3 saturated heterocycles. The van der Waals surface area contributed by atoms with Crippen LogP contribution in [0.15, 0.2) is 0 Å². The van der Waals surface area contributed by atoms with Gasteiger partial charge in [-0.2, -0.15) is 13.2 Å². The van der Waals surface area contributed by atoms with Gasteiger partial charge in [-0.3, -0.25) is 24.0 Å². The zero-order valence-corrected chi connectivity index (χ0v) is 27.8. The Morgan fingerprint density at radius 3 is 2.20 bits per heavy atom. The van der Waals surface area contributed by atoms with Gasteiger partial charge in [-0.25, -0.2) is 0 Å². The summed E-state index contributed by atoms with van der Waals surface area (Å²) in [6.45, 7) is 13.6. The second-order valence-electron chi connectivity index (χ2n) is 15.6. The van der Waals surface area contributed by atoms with Gasteiger partial charge in [0.2, 0.25) is 22.7 Å². The molecule has 0 unspecified atom stereocenters. The minimum Gasteiger partial charge on any atom is -0.369 e. The number of nitrogens with one attached hydrogen (secondary N) is 3. The van der Waals surface area contributed by atoms with Crippen LogP contribution in [0.25, 0.3) is 0 Å². The molecule has 0 aromatic rings. The molecule has 0 aromatic carbocycles. The molecule has 4 aliphatic rings. The minimum atomic E-state index is -5.22. The van der Waals surface area contributed by atoms with Gasteiger partial charge in [-0.05, 0) is 47.3 Å². The SMILES string of the molecule is CC1(C)CN(C(=O)[C@@](O)(S)[C@H](C[C@@H]2CCCNC2=O)NC(=O)[C@@H]2[C@@H]3[C@H](CN2C(=O)[C@@H](NC(=O)C(F)(F)F)C(C)(C)C)C3(C)C)C1. The normalized spacial score (nSPS) is 29.7. The van der Waals surface area contributed by atoms with E-state index < -0.39 is 64.2 Å². The Balaban J connectivity index is 1.63. The van der Waals surface area contributed by atoms with Gasteiger partial charge < -0.3 is 30.9 Å². The van der Waals surface area contributed by atoms with Crippen LogP contribution in [-0.4, -0.2) is 99.9 Å². The predicted molar refractivity (Wildman–Crippen MR) is 160 cm³/mol. The molecule has 1 saturated carbocycles. The highest BCUT2D eigenvalue weighted by atomic mass is 32.1. The smallest absolute Gasteiger partial charge is 0.369 e. The number of likely N-dealkylation sites (tertiary alicyclic amines) is 2. The van der Waals surface area contributed by atoms with E-state index in [0.29, 0.717) is 32.5 Å². The largest absolute Gasteiger partial charge is 0.471 e. The van der Waals surface area contributed by atoms with Crippen molar-refractivity contribution < 1.29 is 42.3 Å². The summed E-state index contributed by atoms with van der Waals surface area (Å²) in [7, 11) is 0. The fraction of sp³-hybridized carbons (Fsp3) is 0.833. The number of aliphatic hydroxyl groups is 1. The Labute approximate surface area is 267 Å². The van der Waals surface area contributed by atoms with Crippen molar-refractivity contribution in [1.82, 2.24) is 25.8 Å². The maximum atomic E-state index is 14.2. The van der Waals surface area contributed by atoms with E-state index in [2.05, 4.69) is 23.3 Å². The van der Waals surface area contributed by atoms with Gasteiger partial charge in [0.25, 0.3) is 5.91 Å². The minimum absolute atomic E-state index is 0.0751. The van der Waals surface area contributed by atoms with Crippen LogP contribution < -0.4 is 16.0 Å². The Morgan fingerprint density at radius 1 is 1.09 bits per heavy atom. The molecule has 7 atom stereocenters. The number of rotatable bonds is 8. The highest BCUT2D eigenvalue weighted by Crippen LogP contribution is 2.65. The van der Waals surface area contributed by atoms with E-state index in [4.69, 9.17) is 0 Å². The van der Waals surface area contributed by atoms with Crippen LogP contribution in [0.1, 0.15) is 67.7 Å². The van der Waals surface area contributed by atoms with Crippen LogP contribution in [0.5, 0.6) is 0 Å². The summed E-state index contributed by atoms with van der Waals surface area (Å²) in [4.78, 5) is 66.3. The lowest BCUT2D eigenvalue weighted by Crippen LogP contribution is -2.67. The first-order valence-electron chi connectivity index (χ1n) is 15.4. The van der Waals surface area contributed by atoms with E-state index in [0.717, 1.165) is 0 Å². The topological polar surface area (TPSA) is 148 Å². The molecule has 0 bridgehead atoms. The van der Waals surface area contributed by atoms with Crippen molar-refractivity contribution in [2.24, 2.45) is 34.0 Å². The predicted octanol–water partition coefficient (Wildman–Crippen LogP) is 1.45. The Hall–Kier alpha value is -2.55. The zero-order chi connectivity index (χ0) is 34.1. The fourth-order valence-corrected chi connectivity index (χ4v) is 7.59. The Bertz CT molecular complexity index is 1240. The zero-order valence-electron chi connectivity index (χ0n) is 26.9. The quantitative estimate of drug-likeness (QED) is 0.197. The lowest BCUT2D eigenvalue weighted by molar-refractivity contribution is -0.176. The summed E-state index contributed by atoms with van der Waals surface area (Å²) in [5, 5.41) is 18.9. The second-order valence-corrected chi connectivity index (χ2v) is 16.3. The van der Waals surface area contributed by atoms with Gasteiger partial charge in [-0.1, -0.05) is 48.5 Å². The van der Waals surface area contributed by atoms with Gasteiger partial charge in [-0.15, -0.1) is 12.6 Å². The van der Waals surface area contributed by atoms with Crippen LogP contribution in [0.4, 0.5) is 13.2 Å². The summed E-state index contributed by atoms with van der Waals surface area (Å²) >= 11 is 4.36. The average molecular weight is 662 g/mol. The molecule has 4 fully saturated rings. The summed E-state index contributed by atoms with van der Waals surface area (Å²) in [5.41, 5.74) is -1.68. The number of alkyl halides is 3. The molecular formula is C30H46F3N5O6S. The number of piperidine rings is 2. The second kappa shape index (κ2) is 11.6. The van der Waals surface area contributed by atoms with E-state index >= 15 is 0 Å². The number of amides is 5. The van der Waals surface area contributed by atoms with Gasteiger partial charge in [0.05, 0.1) is 6.04 Å². The molecule has 3 heterocycles. The number of hydrogen-bond acceptors (Lipinski definition) is 7. The molecule has 4 rings (SSSR count). The summed E-state index contributed by atoms with van der Waals surface area (Å²) in [6, 6.07) is -4.09. The third kappa shape index (κ3) is 6.93. The number of hydrogen-bond donors (Lipinski definition) is 5. The lowest BCUT2D eigenvalue weighted by Gasteiger charge is -2.49.